The van der Waals surface area contributed by atoms with Crippen LogP contribution in [0.1, 0.15) is 17.4 Å². The third kappa shape index (κ3) is 2.67. The summed E-state index contributed by atoms with van der Waals surface area (Å²) < 4.78 is 7.40. The molecule has 1 aromatic carbocycles. The van der Waals surface area contributed by atoms with E-state index in [9.17, 15) is 0 Å². The van der Waals surface area contributed by atoms with Gasteiger partial charge in [0.05, 0.1) is 15.6 Å². The van der Waals surface area contributed by atoms with Gasteiger partial charge in [0.25, 0.3) is 5.89 Å². The van der Waals surface area contributed by atoms with Gasteiger partial charge >= 0.3 is 0 Å². The van der Waals surface area contributed by atoms with Crippen molar-refractivity contribution in [3.8, 4) is 10.8 Å². The number of nitrogens with zero attached hydrogens (tertiary/aromatic N) is 3. The van der Waals surface area contributed by atoms with E-state index in [1.165, 1.54) is 0 Å². The standard InChI is InChI=1S/C16H11BrN4OS/c17-11-7-19-8-13-10(11)6-12(23-13)16-20-15(21-22-16)14(18)9-4-2-1-3-5-9/h1-8,14H,18H2. The molecule has 23 heavy (non-hydrogen) atoms. The van der Waals surface area contributed by atoms with Crippen LogP contribution in [0.2, 0.25) is 0 Å². The Labute approximate surface area is 144 Å². The Bertz CT molecular complexity index is 967. The Hall–Kier alpha value is -2.09. The molecular weight excluding hydrogens is 376 g/mol. The molecule has 2 N–H and O–H groups in total. The van der Waals surface area contributed by atoms with Crippen LogP contribution in [0, 0.1) is 0 Å². The van der Waals surface area contributed by atoms with Crippen LogP contribution in [0.3, 0.4) is 0 Å². The molecule has 7 heteroatoms. The minimum Gasteiger partial charge on any atom is -0.333 e. The Balaban J connectivity index is 1.70. The number of pyridine rings is 1. The smallest absolute Gasteiger partial charge is 0.268 e. The number of thiophene rings is 1. The second-order valence-corrected chi connectivity index (χ2v) is 6.93. The third-order valence-corrected chi connectivity index (χ3v) is 5.18. The quantitative estimate of drug-likeness (QED) is 0.571. The van der Waals surface area contributed by atoms with Crippen molar-refractivity contribution in [3.05, 3.63) is 64.7 Å². The van der Waals surface area contributed by atoms with Gasteiger partial charge in [-0.25, -0.2) is 0 Å². The first kappa shape index (κ1) is 14.5. The Morgan fingerprint density at radius 2 is 2.00 bits per heavy atom. The zero-order chi connectivity index (χ0) is 15.8. The van der Waals surface area contributed by atoms with E-state index in [4.69, 9.17) is 10.3 Å². The van der Waals surface area contributed by atoms with Gasteiger partial charge in [-0.15, -0.1) is 11.3 Å². The molecule has 3 aromatic heterocycles. The predicted octanol–water partition coefficient (Wildman–Crippen LogP) is 4.16. The molecule has 0 radical (unpaired) electrons. The van der Waals surface area contributed by atoms with E-state index in [-0.39, 0.29) is 0 Å². The molecule has 0 aliphatic carbocycles. The lowest BCUT2D eigenvalue weighted by Gasteiger charge is -2.05. The lowest BCUT2D eigenvalue weighted by molar-refractivity contribution is 0.420. The molecule has 0 spiro atoms. The fourth-order valence-electron chi connectivity index (χ4n) is 2.30. The molecule has 3 heterocycles. The highest BCUT2D eigenvalue weighted by molar-refractivity contribution is 9.10. The Morgan fingerprint density at radius 1 is 1.17 bits per heavy atom. The average molecular weight is 387 g/mol. The SMILES string of the molecule is NC(c1ccccc1)c1noc(-c2cc3c(Br)cncc3s2)n1. The number of halogens is 1. The van der Waals surface area contributed by atoms with Crippen molar-refractivity contribution in [2.45, 2.75) is 6.04 Å². The molecule has 0 fully saturated rings. The minimum atomic E-state index is -0.406. The number of benzene rings is 1. The van der Waals surface area contributed by atoms with E-state index in [1.807, 2.05) is 42.6 Å². The first-order valence-electron chi connectivity index (χ1n) is 6.90. The Kier molecular flexibility index (Phi) is 3.68. The monoisotopic (exact) mass is 386 g/mol. The van der Waals surface area contributed by atoms with E-state index in [2.05, 4.69) is 31.1 Å². The van der Waals surface area contributed by atoms with Gasteiger partial charge in [0, 0.05) is 22.3 Å². The van der Waals surface area contributed by atoms with Crippen LogP contribution in [0.5, 0.6) is 0 Å². The molecule has 114 valence electrons. The second kappa shape index (κ2) is 5.84. The zero-order valence-electron chi connectivity index (χ0n) is 11.8. The van der Waals surface area contributed by atoms with E-state index in [0.717, 1.165) is 25.0 Å². The summed E-state index contributed by atoms with van der Waals surface area (Å²) in [4.78, 5) is 9.52. The number of aromatic nitrogens is 3. The largest absolute Gasteiger partial charge is 0.333 e. The van der Waals surface area contributed by atoms with E-state index < -0.39 is 6.04 Å². The van der Waals surface area contributed by atoms with Crippen LogP contribution >= 0.6 is 27.3 Å². The number of fused-ring (bicyclic) bond motifs is 1. The van der Waals surface area contributed by atoms with Gasteiger partial charge in [-0.3, -0.25) is 4.98 Å². The molecule has 0 aliphatic heterocycles. The lowest BCUT2D eigenvalue weighted by Crippen LogP contribution is -2.13. The van der Waals surface area contributed by atoms with Crippen molar-refractivity contribution in [1.82, 2.24) is 15.1 Å². The molecule has 1 atom stereocenters. The summed E-state index contributed by atoms with van der Waals surface area (Å²) in [5.74, 6) is 0.945. The molecular formula is C16H11BrN4OS. The predicted molar refractivity (Wildman–Crippen MR) is 93.1 cm³/mol. The summed E-state index contributed by atoms with van der Waals surface area (Å²) in [5.41, 5.74) is 7.16. The molecule has 4 aromatic rings. The van der Waals surface area contributed by atoms with Crippen molar-refractivity contribution >= 4 is 37.4 Å². The van der Waals surface area contributed by atoms with Gasteiger partial charge in [0.15, 0.2) is 5.82 Å². The van der Waals surface area contributed by atoms with Gasteiger partial charge in [-0.2, -0.15) is 4.98 Å². The van der Waals surface area contributed by atoms with Crippen LogP contribution in [-0.4, -0.2) is 15.1 Å². The highest BCUT2D eigenvalue weighted by Crippen LogP contribution is 2.35. The first-order valence-corrected chi connectivity index (χ1v) is 8.51. The van der Waals surface area contributed by atoms with Crippen molar-refractivity contribution in [2.24, 2.45) is 5.73 Å². The van der Waals surface area contributed by atoms with Crippen LogP contribution in [0.15, 0.2) is 57.8 Å². The number of nitrogens with two attached hydrogens (primary N) is 1. The maximum atomic E-state index is 6.21. The first-order chi connectivity index (χ1) is 11.2. The van der Waals surface area contributed by atoms with Crippen LogP contribution in [-0.2, 0) is 0 Å². The van der Waals surface area contributed by atoms with E-state index in [1.54, 1.807) is 17.5 Å². The Morgan fingerprint density at radius 3 is 2.78 bits per heavy atom. The highest BCUT2D eigenvalue weighted by atomic mass is 79.9. The third-order valence-electron chi connectivity index (χ3n) is 3.49. The molecule has 0 saturated heterocycles. The average Bonchev–Trinajstić information content (AvgIpc) is 3.22. The summed E-state index contributed by atoms with van der Waals surface area (Å²) in [6.07, 6.45) is 3.59. The second-order valence-electron chi connectivity index (χ2n) is 4.99. The maximum absolute atomic E-state index is 6.21. The zero-order valence-corrected chi connectivity index (χ0v) is 14.2. The molecule has 1 unspecified atom stereocenters. The molecule has 0 saturated carbocycles. The number of hydrogen-bond acceptors (Lipinski definition) is 6. The van der Waals surface area contributed by atoms with Crippen LogP contribution in [0.25, 0.3) is 20.9 Å². The fraction of sp³-hybridized carbons (Fsp3) is 0.0625. The van der Waals surface area contributed by atoms with Crippen molar-refractivity contribution < 1.29 is 4.52 Å². The molecule has 5 nitrogen and oxygen atoms in total. The molecule has 0 bridgehead atoms. The molecule has 0 amide bonds. The number of rotatable bonds is 3. The van der Waals surface area contributed by atoms with Crippen molar-refractivity contribution in [2.75, 3.05) is 0 Å². The van der Waals surface area contributed by atoms with Crippen LogP contribution in [0.4, 0.5) is 0 Å². The van der Waals surface area contributed by atoms with Crippen molar-refractivity contribution in [3.63, 3.8) is 0 Å². The normalized spacial score (nSPS) is 12.6. The summed E-state index contributed by atoms with van der Waals surface area (Å²) in [5, 5.41) is 5.11. The minimum absolute atomic E-state index is 0.406. The molecule has 4 rings (SSSR count). The summed E-state index contributed by atoms with van der Waals surface area (Å²) in [6.45, 7) is 0. The highest BCUT2D eigenvalue weighted by Gasteiger charge is 2.18. The van der Waals surface area contributed by atoms with Gasteiger partial charge in [-0.1, -0.05) is 35.5 Å². The lowest BCUT2D eigenvalue weighted by atomic mass is 10.1. The van der Waals surface area contributed by atoms with Gasteiger partial charge in [-0.05, 0) is 27.6 Å². The van der Waals surface area contributed by atoms with E-state index >= 15 is 0 Å². The van der Waals surface area contributed by atoms with Crippen LogP contribution < -0.4 is 5.73 Å². The van der Waals surface area contributed by atoms with Gasteiger partial charge in [0.1, 0.15) is 0 Å². The maximum Gasteiger partial charge on any atom is 0.268 e. The fourth-order valence-corrected chi connectivity index (χ4v) is 3.86. The van der Waals surface area contributed by atoms with Gasteiger partial charge < -0.3 is 10.3 Å². The topological polar surface area (TPSA) is 77.8 Å². The molecule has 0 aliphatic rings. The van der Waals surface area contributed by atoms with Gasteiger partial charge in [0.2, 0.25) is 0 Å². The van der Waals surface area contributed by atoms with E-state index in [0.29, 0.717) is 11.7 Å². The summed E-state index contributed by atoms with van der Waals surface area (Å²) in [6, 6.07) is 11.3. The summed E-state index contributed by atoms with van der Waals surface area (Å²) >= 11 is 5.06. The van der Waals surface area contributed by atoms with Crippen molar-refractivity contribution in [1.29, 1.82) is 0 Å². The summed E-state index contributed by atoms with van der Waals surface area (Å²) in [7, 11) is 0. The number of hydrogen-bond donors (Lipinski definition) is 1.